The fourth-order valence-corrected chi connectivity index (χ4v) is 5.40. The van der Waals surface area contributed by atoms with Crippen LogP contribution in [0.5, 0.6) is 0 Å². The zero-order valence-corrected chi connectivity index (χ0v) is 11.6. The Morgan fingerprint density at radius 3 is 1.88 bits per heavy atom. The molecule has 0 amide bonds. The lowest BCUT2D eigenvalue weighted by Crippen LogP contribution is -2.57. The van der Waals surface area contributed by atoms with Crippen LogP contribution in [0.4, 0.5) is 4.79 Å². The van der Waals surface area contributed by atoms with Crippen LogP contribution < -0.4 is 0 Å². The minimum absolute atomic E-state index is 0.236. The van der Waals surface area contributed by atoms with Crippen molar-refractivity contribution in [2.75, 3.05) is 0 Å². The van der Waals surface area contributed by atoms with Crippen LogP contribution in [0.25, 0.3) is 0 Å². The van der Waals surface area contributed by atoms with Crippen molar-refractivity contribution in [1.29, 1.82) is 0 Å². The number of hydrogen-bond donors (Lipinski definition) is 1. The second kappa shape index (κ2) is 3.66. The summed E-state index contributed by atoms with van der Waals surface area (Å²) >= 11 is 3.80. The highest BCUT2D eigenvalue weighted by molar-refractivity contribution is 7.96. The summed E-state index contributed by atoms with van der Waals surface area (Å²) in [5.74, 6) is 2.66. The highest BCUT2D eigenvalue weighted by Crippen LogP contribution is 2.64. The van der Waals surface area contributed by atoms with Gasteiger partial charge in [0.25, 0.3) is 0 Å². The lowest BCUT2D eigenvalue weighted by atomic mass is 9.46. The normalized spacial score (nSPS) is 43.8. The van der Waals surface area contributed by atoms with E-state index < -0.39 is 5.30 Å². The fraction of sp³-hybridized carbons (Fsp3) is 0.929. The van der Waals surface area contributed by atoms with Crippen LogP contribution in [0.1, 0.15) is 52.4 Å². The van der Waals surface area contributed by atoms with Crippen LogP contribution in [-0.4, -0.2) is 10.9 Å². The van der Waals surface area contributed by atoms with Crippen molar-refractivity contribution < 1.29 is 9.53 Å². The maximum Gasteiger partial charge on any atom is 0.364 e. The van der Waals surface area contributed by atoms with E-state index in [1.807, 2.05) is 0 Å². The molecule has 2 nitrogen and oxygen atoms in total. The summed E-state index contributed by atoms with van der Waals surface area (Å²) in [7, 11) is 0. The molecule has 0 aliphatic heterocycles. The summed E-state index contributed by atoms with van der Waals surface area (Å²) in [5, 5.41) is -0.425. The average molecular weight is 254 g/mol. The van der Waals surface area contributed by atoms with Crippen molar-refractivity contribution in [2.45, 2.75) is 58.0 Å². The van der Waals surface area contributed by atoms with Gasteiger partial charge in [-0.25, -0.2) is 4.79 Å². The Kier molecular flexibility index (Phi) is 2.56. The number of ether oxygens (including phenoxy) is 1. The van der Waals surface area contributed by atoms with E-state index in [9.17, 15) is 4.79 Å². The van der Waals surface area contributed by atoms with Crippen LogP contribution in [0.15, 0.2) is 0 Å². The van der Waals surface area contributed by atoms with Gasteiger partial charge in [-0.05, 0) is 70.1 Å². The van der Waals surface area contributed by atoms with Crippen molar-refractivity contribution in [1.82, 2.24) is 0 Å². The molecule has 0 aromatic rings. The van der Waals surface area contributed by atoms with Crippen molar-refractivity contribution in [3.8, 4) is 0 Å². The summed E-state index contributed by atoms with van der Waals surface area (Å²) in [6.07, 6.45) is 8.03. The molecule has 0 aromatic heterocycles. The second-order valence-electron chi connectivity index (χ2n) is 7.08. The minimum Gasteiger partial charge on any atom is -0.451 e. The van der Waals surface area contributed by atoms with E-state index in [1.54, 1.807) is 0 Å². The molecule has 4 rings (SSSR count). The molecule has 0 N–H and O–H groups in total. The smallest absolute Gasteiger partial charge is 0.364 e. The predicted molar refractivity (Wildman–Crippen MR) is 70.2 cm³/mol. The predicted octanol–water partition coefficient (Wildman–Crippen LogP) is 4.05. The van der Waals surface area contributed by atoms with Crippen LogP contribution in [0, 0.1) is 23.2 Å². The van der Waals surface area contributed by atoms with E-state index in [1.165, 1.54) is 38.5 Å². The van der Waals surface area contributed by atoms with Gasteiger partial charge in [0, 0.05) is 5.41 Å². The SMILES string of the molecule is CC(C)(OC(=O)S)C12CC3CC(CC(C3)C1)C2. The summed E-state index contributed by atoms with van der Waals surface area (Å²) in [6.45, 7) is 4.18. The Morgan fingerprint density at radius 2 is 1.53 bits per heavy atom. The molecule has 0 radical (unpaired) electrons. The molecule has 4 aliphatic rings. The number of rotatable bonds is 2. The second-order valence-corrected chi connectivity index (χ2v) is 7.44. The number of carbonyl (C=O) groups is 1. The third kappa shape index (κ3) is 1.81. The van der Waals surface area contributed by atoms with Crippen LogP contribution in [0.3, 0.4) is 0 Å². The van der Waals surface area contributed by atoms with Gasteiger partial charge in [-0.3, -0.25) is 0 Å². The molecule has 96 valence electrons. The average Bonchev–Trinajstić information content (AvgIpc) is 2.12. The van der Waals surface area contributed by atoms with E-state index in [-0.39, 0.29) is 11.0 Å². The van der Waals surface area contributed by atoms with E-state index >= 15 is 0 Å². The molecule has 0 aromatic carbocycles. The summed E-state index contributed by atoms with van der Waals surface area (Å²) < 4.78 is 5.55. The number of carbonyl (C=O) groups excluding carboxylic acids is 1. The first kappa shape index (κ1) is 11.9. The first-order chi connectivity index (χ1) is 7.90. The molecule has 17 heavy (non-hydrogen) atoms. The molecule has 3 heteroatoms. The molecule has 0 saturated heterocycles. The molecule has 4 fully saturated rings. The molecule has 0 atom stereocenters. The Balaban J connectivity index is 1.88. The summed E-state index contributed by atoms with van der Waals surface area (Å²) in [6, 6.07) is 0. The Hall–Kier alpha value is -0.180. The largest absolute Gasteiger partial charge is 0.451 e. The third-order valence-electron chi connectivity index (χ3n) is 5.66. The van der Waals surface area contributed by atoms with Crippen molar-refractivity contribution in [3.05, 3.63) is 0 Å². The zero-order valence-electron chi connectivity index (χ0n) is 10.7. The van der Waals surface area contributed by atoms with Gasteiger partial charge in [-0.2, -0.15) is 0 Å². The molecular formula is C14H22O2S. The summed E-state index contributed by atoms with van der Waals surface area (Å²) in [4.78, 5) is 11.2. The van der Waals surface area contributed by atoms with Crippen LogP contribution >= 0.6 is 12.6 Å². The van der Waals surface area contributed by atoms with Gasteiger partial charge in [0.05, 0.1) is 0 Å². The molecule has 4 aliphatic carbocycles. The Morgan fingerprint density at radius 1 is 1.12 bits per heavy atom. The molecule has 0 spiro atoms. The van der Waals surface area contributed by atoms with Gasteiger partial charge in [0.1, 0.15) is 5.60 Å². The fourth-order valence-electron chi connectivity index (χ4n) is 5.17. The highest BCUT2D eigenvalue weighted by Gasteiger charge is 2.58. The van der Waals surface area contributed by atoms with Crippen LogP contribution in [-0.2, 0) is 4.74 Å². The molecule has 4 bridgehead atoms. The third-order valence-corrected chi connectivity index (χ3v) is 5.75. The lowest BCUT2D eigenvalue weighted by molar-refractivity contribution is -0.159. The molecule has 0 unspecified atom stereocenters. The standard InChI is InChI=1S/C14H22O2S/c1-13(2,16-12(15)17)14-6-9-3-10(7-14)5-11(4-9)8-14/h9-11H,3-8H2,1-2H3,(H,15,17). The van der Waals surface area contributed by atoms with Gasteiger partial charge < -0.3 is 4.74 Å². The Bertz CT molecular complexity index is 313. The lowest BCUT2D eigenvalue weighted by Gasteiger charge is -2.61. The quantitative estimate of drug-likeness (QED) is 0.594. The van der Waals surface area contributed by atoms with Gasteiger partial charge >= 0.3 is 5.30 Å². The van der Waals surface area contributed by atoms with Crippen molar-refractivity contribution in [3.63, 3.8) is 0 Å². The highest BCUT2D eigenvalue weighted by atomic mass is 32.1. The van der Waals surface area contributed by atoms with E-state index in [0.717, 1.165) is 17.8 Å². The van der Waals surface area contributed by atoms with Gasteiger partial charge in [-0.15, -0.1) is 0 Å². The van der Waals surface area contributed by atoms with E-state index in [0.29, 0.717) is 0 Å². The monoisotopic (exact) mass is 254 g/mol. The summed E-state index contributed by atoms with van der Waals surface area (Å²) in [5.41, 5.74) is -0.109. The number of hydrogen-bond acceptors (Lipinski definition) is 2. The zero-order chi connectivity index (χ0) is 12.3. The minimum atomic E-state index is -0.425. The molecule has 0 heterocycles. The van der Waals surface area contributed by atoms with Crippen molar-refractivity contribution >= 4 is 17.9 Å². The van der Waals surface area contributed by atoms with Gasteiger partial charge in [0.2, 0.25) is 0 Å². The van der Waals surface area contributed by atoms with Gasteiger partial charge in [0.15, 0.2) is 0 Å². The maximum absolute atomic E-state index is 11.2. The van der Waals surface area contributed by atoms with Gasteiger partial charge in [-0.1, -0.05) is 12.6 Å². The molecular weight excluding hydrogens is 232 g/mol. The topological polar surface area (TPSA) is 26.3 Å². The van der Waals surface area contributed by atoms with E-state index in [2.05, 4.69) is 26.5 Å². The number of thiol groups is 1. The first-order valence-electron chi connectivity index (χ1n) is 6.82. The first-order valence-corrected chi connectivity index (χ1v) is 7.27. The van der Waals surface area contributed by atoms with E-state index in [4.69, 9.17) is 4.74 Å². The van der Waals surface area contributed by atoms with Crippen LogP contribution in [0.2, 0.25) is 0 Å². The molecule has 4 saturated carbocycles. The Labute approximate surface area is 109 Å². The van der Waals surface area contributed by atoms with Crippen molar-refractivity contribution in [2.24, 2.45) is 23.2 Å². The maximum atomic E-state index is 11.2.